The Bertz CT molecular complexity index is 867. The molecular weight excluding hydrogens is 300 g/mol. The smallest absolute Gasteiger partial charge is 0.327 e. The van der Waals surface area contributed by atoms with Crippen LogP contribution in [0, 0.1) is 0 Å². The molecule has 0 saturated carbocycles. The van der Waals surface area contributed by atoms with Gasteiger partial charge in [-0.25, -0.2) is 9.78 Å². The molecule has 0 fully saturated rings. The first-order chi connectivity index (χ1) is 9.56. The molecule has 20 heavy (non-hydrogen) atoms. The summed E-state index contributed by atoms with van der Waals surface area (Å²) in [5, 5.41) is 0. The number of aromatic nitrogens is 4. The molecule has 0 radical (unpaired) electrons. The van der Waals surface area contributed by atoms with Gasteiger partial charge in [-0.3, -0.25) is 9.36 Å². The maximum atomic E-state index is 12.0. The van der Waals surface area contributed by atoms with E-state index in [0.717, 1.165) is 9.44 Å². The van der Waals surface area contributed by atoms with E-state index in [9.17, 15) is 9.59 Å². The van der Waals surface area contributed by atoms with Gasteiger partial charge in [0.05, 0.1) is 12.1 Å². The molecule has 0 spiro atoms. The number of halogens is 1. The third-order valence-corrected chi connectivity index (χ3v) is 4.02. The summed E-state index contributed by atoms with van der Waals surface area (Å²) in [6.45, 7) is 0.460. The molecule has 102 valence electrons. The number of hydrogen-bond acceptors (Lipinski definition) is 5. The SMILES string of the molecule is Cn1c(=O)nc2n(Cc3cnc(Cl)s3)cccc-2c1=O. The highest BCUT2D eigenvalue weighted by molar-refractivity contribution is 7.15. The molecule has 0 saturated heterocycles. The summed E-state index contributed by atoms with van der Waals surface area (Å²) < 4.78 is 3.19. The van der Waals surface area contributed by atoms with Crippen LogP contribution in [0.3, 0.4) is 0 Å². The Balaban J connectivity index is 2.17. The fraction of sp³-hybridized carbons (Fsp3) is 0.167. The Morgan fingerprint density at radius 2 is 2.20 bits per heavy atom. The zero-order valence-corrected chi connectivity index (χ0v) is 12.0. The van der Waals surface area contributed by atoms with Crippen LogP contribution in [0.5, 0.6) is 0 Å². The van der Waals surface area contributed by atoms with Crippen molar-refractivity contribution in [3.05, 3.63) is 54.7 Å². The van der Waals surface area contributed by atoms with Crippen LogP contribution in [0.1, 0.15) is 4.88 Å². The van der Waals surface area contributed by atoms with Gasteiger partial charge in [-0.1, -0.05) is 11.6 Å². The predicted molar refractivity (Wildman–Crippen MR) is 76.6 cm³/mol. The van der Waals surface area contributed by atoms with Crippen LogP contribution in [0.4, 0.5) is 0 Å². The van der Waals surface area contributed by atoms with Crippen LogP contribution in [0.15, 0.2) is 34.1 Å². The maximum absolute atomic E-state index is 12.0. The van der Waals surface area contributed by atoms with Gasteiger partial charge in [-0.15, -0.1) is 11.3 Å². The molecule has 0 aliphatic carbocycles. The molecule has 2 aliphatic heterocycles. The maximum Gasteiger partial charge on any atom is 0.352 e. The monoisotopic (exact) mass is 308 g/mol. The van der Waals surface area contributed by atoms with E-state index in [2.05, 4.69) is 9.97 Å². The number of pyridine rings is 1. The van der Waals surface area contributed by atoms with E-state index in [1.165, 1.54) is 18.4 Å². The zero-order valence-electron chi connectivity index (χ0n) is 10.4. The fourth-order valence-corrected chi connectivity index (χ4v) is 2.90. The second-order valence-corrected chi connectivity index (χ2v) is 5.91. The first-order valence-electron chi connectivity index (χ1n) is 5.72. The van der Waals surface area contributed by atoms with E-state index in [4.69, 9.17) is 11.6 Å². The molecule has 2 aliphatic rings. The van der Waals surface area contributed by atoms with Crippen LogP contribution >= 0.6 is 22.9 Å². The highest BCUT2D eigenvalue weighted by Gasteiger charge is 2.15. The lowest BCUT2D eigenvalue weighted by atomic mass is 10.2. The van der Waals surface area contributed by atoms with Gasteiger partial charge >= 0.3 is 5.69 Å². The summed E-state index contributed by atoms with van der Waals surface area (Å²) in [6, 6.07) is 3.40. The van der Waals surface area contributed by atoms with Crippen molar-refractivity contribution in [2.24, 2.45) is 7.05 Å². The summed E-state index contributed by atoms with van der Waals surface area (Å²) in [5.74, 6) is 0.366. The highest BCUT2D eigenvalue weighted by Crippen LogP contribution is 2.21. The number of hydrogen-bond donors (Lipinski definition) is 0. The van der Waals surface area contributed by atoms with Crippen LogP contribution < -0.4 is 11.2 Å². The highest BCUT2D eigenvalue weighted by atomic mass is 35.5. The minimum atomic E-state index is -0.565. The van der Waals surface area contributed by atoms with Crippen molar-refractivity contribution in [2.75, 3.05) is 0 Å². The molecule has 0 aromatic carbocycles. The topological polar surface area (TPSA) is 69.8 Å². The molecule has 1 aromatic heterocycles. The Labute approximate surface area is 122 Å². The van der Waals surface area contributed by atoms with Gasteiger partial charge in [0.2, 0.25) is 0 Å². The Kier molecular flexibility index (Phi) is 3.15. The van der Waals surface area contributed by atoms with E-state index < -0.39 is 5.69 Å². The third kappa shape index (κ3) is 2.14. The van der Waals surface area contributed by atoms with Crippen molar-refractivity contribution in [3.63, 3.8) is 0 Å². The molecule has 3 rings (SSSR count). The van der Waals surface area contributed by atoms with Crippen LogP contribution in [-0.2, 0) is 13.6 Å². The van der Waals surface area contributed by atoms with Crippen molar-refractivity contribution < 1.29 is 0 Å². The second kappa shape index (κ2) is 4.84. The molecule has 8 heteroatoms. The molecule has 3 heterocycles. The molecule has 0 bridgehead atoms. The molecule has 6 nitrogen and oxygen atoms in total. The van der Waals surface area contributed by atoms with Crippen molar-refractivity contribution in [1.29, 1.82) is 0 Å². The lowest BCUT2D eigenvalue weighted by molar-refractivity contribution is 0.727. The minimum absolute atomic E-state index is 0.350. The van der Waals surface area contributed by atoms with Crippen molar-refractivity contribution in [3.8, 4) is 11.4 Å². The molecule has 0 amide bonds. The van der Waals surface area contributed by atoms with Gasteiger partial charge in [-0.05, 0) is 12.1 Å². The number of thiazole rings is 1. The van der Waals surface area contributed by atoms with E-state index in [1.54, 1.807) is 29.1 Å². The van der Waals surface area contributed by atoms with Crippen LogP contribution in [-0.4, -0.2) is 19.1 Å². The Hall–Kier alpha value is -1.99. The third-order valence-electron chi connectivity index (χ3n) is 2.92. The zero-order chi connectivity index (χ0) is 14.3. The van der Waals surface area contributed by atoms with Gasteiger partial charge in [0.15, 0.2) is 10.3 Å². The van der Waals surface area contributed by atoms with E-state index in [-0.39, 0.29) is 5.56 Å². The van der Waals surface area contributed by atoms with Gasteiger partial charge < -0.3 is 4.57 Å². The molecule has 0 unspecified atom stereocenters. The average molecular weight is 309 g/mol. The van der Waals surface area contributed by atoms with Gasteiger partial charge in [0.25, 0.3) is 5.56 Å². The summed E-state index contributed by atoms with van der Waals surface area (Å²) in [5.41, 5.74) is -0.508. The number of rotatable bonds is 2. The summed E-state index contributed by atoms with van der Waals surface area (Å²) in [4.78, 5) is 32.6. The molecular formula is C12H9ClN4O2S. The lowest BCUT2D eigenvalue weighted by Gasteiger charge is -2.12. The summed E-state index contributed by atoms with van der Waals surface area (Å²) in [7, 11) is 1.41. The Morgan fingerprint density at radius 3 is 2.90 bits per heavy atom. The molecule has 1 aromatic rings. The minimum Gasteiger partial charge on any atom is -0.327 e. The summed E-state index contributed by atoms with van der Waals surface area (Å²) in [6.07, 6.45) is 3.43. The second-order valence-electron chi connectivity index (χ2n) is 4.21. The standard InChI is InChI=1S/C12H9ClN4O2S/c1-16-10(18)8-3-2-4-17(9(8)15-12(16)19)6-7-5-14-11(13)20-7/h2-5H,6H2,1H3. The van der Waals surface area contributed by atoms with Crippen molar-refractivity contribution in [2.45, 2.75) is 6.54 Å². The molecule has 0 atom stereocenters. The Morgan fingerprint density at radius 1 is 1.40 bits per heavy atom. The van der Waals surface area contributed by atoms with E-state index >= 15 is 0 Å². The van der Waals surface area contributed by atoms with Gasteiger partial charge in [-0.2, -0.15) is 4.98 Å². The van der Waals surface area contributed by atoms with Gasteiger partial charge in [0, 0.05) is 24.3 Å². The van der Waals surface area contributed by atoms with E-state index in [1.807, 2.05) is 0 Å². The van der Waals surface area contributed by atoms with Crippen molar-refractivity contribution in [1.82, 2.24) is 19.1 Å². The predicted octanol–water partition coefficient (Wildman–Crippen LogP) is 1.20. The molecule has 0 N–H and O–H groups in total. The van der Waals surface area contributed by atoms with E-state index in [0.29, 0.717) is 22.4 Å². The average Bonchev–Trinajstić information content (AvgIpc) is 2.83. The number of nitrogens with zero attached hydrogens (tertiary/aromatic N) is 4. The number of fused-ring (bicyclic) bond motifs is 1. The quantitative estimate of drug-likeness (QED) is 0.713. The first kappa shape index (κ1) is 13.0. The van der Waals surface area contributed by atoms with Crippen molar-refractivity contribution >= 4 is 22.9 Å². The first-order valence-corrected chi connectivity index (χ1v) is 6.92. The fourth-order valence-electron chi connectivity index (χ4n) is 1.92. The van der Waals surface area contributed by atoms with Crippen LogP contribution in [0.2, 0.25) is 4.47 Å². The van der Waals surface area contributed by atoms with Crippen LogP contribution in [0.25, 0.3) is 11.4 Å². The van der Waals surface area contributed by atoms with Gasteiger partial charge in [0.1, 0.15) is 0 Å². The lowest BCUT2D eigenvalue weighted by Crippen LogP contribution is -2.35. The summed E-state index contributed by atoms with van der Waals surface area (Å²) >= 11 is 7.14. The largest absolute Gasteiger partial charge is 0.352 e. The normalized spacial score (nSPS) is 11.1.